The summed E-state index contributed by atoms with van der Waals surface area (Å²) in [5.74, 6) is -1.14. The number of hydrogen-bond donors (Lipinski definition) is 0. The molecule has 0 aromatic rings. The third kappa shape index (κ3) is 12.3. The number of halogens is 1. The molecule has 0 unspecified atom stereocenters. The van der Waals surface area contributed by atoms with Gasteiger partial charge in [0, 0.05) is 5.57 Å². The standard InChI is InChI=1S/C22H25FO.C3H8/c1-9-15(2)10-11-16(3)17(4)12-13-18(5)19(6)14-22(23)20(7)21(8)24;1-3-2/h10-14H,2-7,9H2,1,8H3;3H2,1-2H3/b11-10-,13-12-,22-14+;. The highest BCUT2D eigenvalue weighted by Crippen LogP contribution is 2.18. The molecule has 0 heterocycles. The van der Waals surface area contributed by atoms with Crippen LogP contribution < -0.4 is 0 Å². The van der Waals surface area contributed by atoms with Crippen molar-refractivity contribution in [2.75, 3.05) is 0 Å². The third-order valence-corrected chi connectivity index (χ3v) is 3.30. The molecule has 0 aliphatic heterocycles. The summed E-state index contributed by atoms with van der Waals surface area (Å²) in [6.45, 7) is 30.2. The van der Waals surface area contributed by atoms with Gasteiger partial charge in [0.15, 0.2) is 5.78 Å². The highest BCUT2D eigenvalue weighted by atomic mass is 19.1. The van der Waals surface area contributed by atoms with E-state index in [1.165, 1.54) is 13.3 Å². The summed E-state index contributed by atoms with van der Waals surface area (Å²) >= 11 is 0. The van der Waals surface area contributed by atoms with E-state index in [4.69, 9.17) is 0 Å². The molecule has 0 aromatic carbocycles. The van der Waals surface area contributed by atoms with E-state index in [0.717, 1.165) is 23.6 Å². The van der Waals surface area contributed by atoms with Gasteiger partial charge in [-0.2, -0.15) is 0 Å². The number of carbonyl (C=O) groups is 1. The van der Waals surface area contributed by atoms with Crippen molar-refractivity contribution in [3.05, 3.63) is 109 Å². The van der Waals surface area contributed by atoms with Gasteiger partial charge in [-0.3, -0.25) is 4.79 Å². The lowest BCUT2D eigenvalue weighted by Gasteiger charge is -2.03. The topological polar surface area (TPSA) is 17.1 Å². The average molecular weight is 369 g/mol. The maximum Gasteiger partial charge on any atom is 0.162 e. The minimum Gasteiger partial charge on any atom is -0.294 e. The molecule has 0 saturated carbocycles. The van der Waals surface area contributed by atoms with Gasteiger partial charge in [0.25, 0.3) is 0 Å². The van der Waals surface area contributed by atoms with E-state index >= 15 is 0 Å². The van der Waals surface area contributed by atoms with Gasteiger partial charge in [-0.05, 0) is 41.7 Å². The van der Waals surface area contributed by atoms with Crippen LogP contribution in [-0.2, 0) is 4.79 Å². The fourth-order valence-corrected chi connectivity index (χ4v) is 1.36. The molecule has 0 rings (SSSR count). The number of ketones is 1. The highest BCUT2D eigenvalue weighted by molar-refractivity contribution is 5.96. The Morgan fingerprint density at radius 3 is 1.52 bits per heavy atom. The Balaban J connectivity index is 0. The van der Waals surface area contributed by atoms with E-state index in [2.05, 4.69) is 53.3 Å². The Bertz CT molecular complexity index is 709. The first kappa shape index (κ1) is 26.5. The Hall–Kier alpha value is -2.74. The minimum absolute atomic E-state index is 0.188. The first-order valence-electron chi connectivity index (χ1n) is 8.89. The molecule has 1 nitrogen and oxygen atoms in total. The van der Waals surface area contributed by atoms with Crippen LogP contribution in [0.15, 0.2) is 109 Å². The summed E-state index contributed by atoms with van der Waals surface area (Å²) < 4.78 is 13.8. The van der Waals surface area contributed by atoms with Crippen molar-refractivity contribution < 1.29 is 9.18 Å². The van der Waals surface area contributed by atoms with Crippen LogP contribution in [0.2, 0.25) is 0 Å². The fourth-order valence-electron chi connectivity index (χ4n) is 1.36. The van der Waals surface area contributed by atoms with Gasteiger partial charge in [-0.1, -0.05) is 96.5 Å². The van der Waals surface area contributed by atoms with Gasteiger partial charge >= 0.3 is 0 Å². The quantitative estimate of drug-likeness (QED) is 0.285. The summed E-state index contributed by atoms with van der Waals surface area (Å²) in [5, 5.41) is 0. The summed E-state index contributed by atoms with van der Waals surface area (Å²) in [4.78, 5) is 11.1. The van der Waals surface area contributed by atoms with E-state index < -0.39 is 11.6 Å². The molecule has 2 heteroatoms. The van der Waals surface area contributed by atoms with Crippen LogP contribution in [0, 0.1) is 0 Å². The van der Waals surface area contributed by atoms with E-state index in [1.807, 2.05) is 19.1 Å². The molecular formula is C25H33FO. The Morgan fingerprint density at radius 1 is 0.778 bits per heavy atom. The SMILES string of the molecule is C=C(/C=C\C(=C)C(=C)/C=C\C(=C)C(=C)/C=C(/F)C(=C)C(C)=O)CC.CCC. The maximum absolute atomic E-state index is 13.8. The van der Waals surface area contributed by atoms with E-state index in [1.54, 1.807) is 12.2 Å². The minimum atomic E-state index is -0.716. The van der Waals surface area contributed by atoms with Crippen molar-refractivity contribution >= 4 is 5.78 Å². The number of hydrogen-bond acceptors (Lipinski definition) is 1. The summed E-state index contributed by atoms with van der Waals surface area (Å²) in [6.07, 6.45) is 10.4. The second-order valence-electron chi connectivity index (χ2n) is 6.01. The third-order valence-electron chi connectivity index (χ3n) is 3.30. The molecule has 0 radical (unpaired) electrons. The lowest BCUT2D eigenvalue weighted by molar-refractivity contribution is -0.113. The molecule has 0 aromatic heterocycles. The smallest absolute Gasteiger partial charge is 0.162 e. The van der Waals surface area contributed by atoms with Gasteiger partial charge in [-0.25, -0.2) is 4.39 Å². The summed E-state index contributed by atoms with van der Waals surface area (Å²) in [7, 11) is 0. The van der Waals surface area contributed by atoms with Crippen molar-refractivity contribution in [2.45, 2.75) is 40.5 Å². The van der Waals surface area contributed by atoms with Crippen molar-refractivity contribution in [1.82, 2.24) is 0 Å². The molecule has 27 heavy (non-hydrogen) atoms. The zero-order chi connectivity index (χ0) is 21.6. The van der Waals surface area contributed by atoms with Crippen LogP contribution in [0.4, 0.5) is 4.39 Å². The molecule has 0 spiro atoms. The van der Waals surface area contributed by atoms with E-state index in [0.29, 0.717) is 16.7 Å². The van der Waals surface area contributed by atoms with Crippen LogP contribution >= 0.6 is 0 Å². The van der Waals surface area contributed by atoms with Gasteiger partial charge in [-0.15, -0.1) is 0 Å². The average Bonchev–Trinajstić information content (AvgIpc) is 2.62. The van der Waals surface area contributed by atoms with Crippen molar-refractivity contribution in [2.24, 2.45) is 0 Å². The molecule has 146 valence electrons. The predicted octanol–water partition coefficient (Wildman–Crippen LogP) is 7.70. The molecule has 0 atom stereocenters. The van der Waals surface area contributed by atoms with E-state index in [-0.39, 0.29) is 5.57 Å². The van der Waals surface area contributed by atoms with E-state index in [9.17, 15) is 9.18 Å². The van der Waals surface area contributed by atoms with Crippen molar-refractivity contribution in [1.29, 1.82) is 0 Å². The molecule has 0 amide bonds. The van der Waals surface area contributed by atoms with Crippen LogP contribution in [0.1, 0.15) is 40.5 Å². The summed E-state index contributed by atoms with van der Waals surface area (Å²) in [5.41, 5.74) is 3.09. The lowest BCUT2D eigenvalue weighted by atomic mass is 10.0. The lowest BCUT2D eigenvalue weighted by Crippen LogP contribution is -1.95. The zero-order valence-corrected chi connectivity index (χ0v) is 17.3. The van der Waals surface area contributed by atoms with Gasteiger partial charge < -0.3 is 0 Å². The highest BCUT2D eigenvalue weighted by Gasteiger charge is 2.07. The molecule has 0 N–H and O–H groups in total. The normalized spacial score (nSPS) is 10.9. The first-order chi connectivity index (χ1) is 12.5. The van der Waals surface area contributed by atoms with Gasteiger partial charge in [0.2, 0.25) is 0 Å². The Kier molecular flexibility index (Phi) is 14.2. The maximum atomic E-state index is 13.8. The molecule has 0 fully saturated rings. The Morgan fingerprint density at radius 2 is 1.15 bits per heavy atom. The Labute approximate surface area is 165 Å². The fraction of sp³-hybridized carbons (Fsp3) is 0.240. The second-order valence-corrected chi connectivity index (χ2v) is 6.01. The molecule has 0 aliphatic rings. The molecular weight excluding hydrogens is 335 g/mol. The second kappa shape index (κ2) is 14.4. The van der Waals surface area contributed by atoms with Crippen molar-refractivity contribution in [3.8, 4) is 0 Å². The number of Topliss-reactive ketones (excluding diaryl/α,β-unsaturated/α-hetero) is 1. The molecule has 0 saturated heterocycles. The molecule has 0 aliphatic carbocycles. The monoisotopic (exact) mass is 368 g/mol. The number of allylic oxidation sites excluding steroid dienone is 12. The zero-order valence-electron chi connectivity index (χ0n) is 17.3. The first-order valence-corrected chi connectivity index (χ1v) is 8.89. The van der Waals surface area contributed by atoms with Crippen LogP contribution in [-0.4, -0.2) is 5.78 Å². The van der Waals surface area contributed by atoms with Crippen LogP contribution in [0.3, 0.4) is 0 Å². The van der Waals surface area contributed by atoms with Gasteiger partial charge in [0.1, 0.15) is 5.83 Å². The number of rotatable bonds is 10. The van der Waals surface area contributed by atoms with Crippen molar-refractivity contribution in [3.63, 3.8) is 0 Å². The molecule has 0 bridgehead atoms. The predicted molar refractivity (Wildman–Crippen MR) is 119 cm³/mol. The number of carbonyl (C=O) groups excluding carboxylic acids is 1. The summed E-state index contributed by atoms with van der Waals surface area (Å²) in [6, 6.07) is 0. The van der Waals surface area contributed by atoms with Gasteiger partial charge in [0.05, 0.1) is 0 Å². The largest absolute Gasteiger partial charge is 0.294 e. The van der Waals surface area contributed by atoms with Crippen LogP contribution in [0.5, 0.6) is 0 Å². The van der Waals surface area contributed by atoms with Crippen LogP contribution in [0.25, 0.3) is 0 Å².